The molecular formula is C33H44N4O5. The van der Waals surface area contributed by atoms with Crippen molar-refractivity contribution in [1.82, 2.24) is 10.2 Å². The van der Waals surface area contributed by atoms with Crippen LogP contribution in [0.2, 0.25) is 0 Å². The number of carbonyl (C=O) groups is 2. The Balaban J connectivity index is 0.00000173. The van der Waals surface area contributed by atoms with E-state index in [-0.39, 0.29) is 35.8 Å². The smallest absolute Gasteiger partial charge is 0.251 e. The van der Waals surface area contributed by atoms with Crippen LogP contribution in [0.25, 0.3) is 0 Å². The van der Waals surface area contributed by atoms with Gasteiger partial charge in [-0.15, -0.1) is 0 Å². The number of aliphatic imine (C=N–C) groups is 1. The summed E-state index contributed by atoms with van der Waals surface area (Å²) in [5.41, 5.74) is 9.52. The molecule has 2 aromatic rings. The summed E-state index contributed by atoms with van der Waals surface area (Å²) >= 11 is 0. The normalized spacial score (nSPS) is 26.3. The first-order valence-corrected chi connectivity index (χ1v) is 15.3. The lowest BCUT2D eigenvalue weighted by Crippen LogP contribution is -2.53. The summed E-state index contributed by atoms with van der Waals surface area (Å²) in [5, 5.41) is 3.28. The van der Waals surface area contributed by atoms with Crippen molar-refractivity contribution in [3.63, 3.8) is 0 Å². The van der Waals surface area contributed by atoms with Gasteiger partial charge in [0.2, 0.25) is 5.91 Å². The van der Waals surface area contributed by atoms with Crippen LogP contribution in [0.15, 0.2) is 41.4 Å². The van der Waals surface area contributed by atoms with E-state index >= 15 is 0 Å². The Kier molecular flexibility index (Phi) is 8.78. The number of fused-ring (bicyclic) bond motifs is 5. The van der Waals surface area contributed by atoms with Gasteiger partial charge in [0.05, 0.1) is 31.3 Å². The molecule has 0 spiro atoms. The molecule has 0 saturated carbocycles. The SMILES string of the molecule is CC.COCC1COc2ccc3cc2[C@@H]1N1C(=O)CC(CCCCc2ccc4c(c2)C(CC(C)(C)O4)NC3=O)N=C1N. The highest BCUT2D eigenvalue weighted by molar-refractivity contribution is 5.99. The average molecular weight is 577 g/mol. The molecule has 0 radical (unpaired) electrons. The lowest BCUT2D eigenvalue weighted by molar-refractivity contribution is -0.132. The van der Waals surface area contributed by atoms with Crippen molar-refractivity contribution in [3.05, 3.63) is 58.7 Å². The molecule has 6 bridgehead atoms. The highest BCUT2D eigenvalue weighted by atomic mass is 16.5. The lowest BCUT2D eigenvalue weighted by atomic mass is 9.86. The maximum Gasteiger partial charge on any atom is 0.251 e. The van der Waals surface area contributed by atoms with Crippen LogP contribution < -0.4 is 20.5 Å². The quantitative estimate of drug-likeness (QED) is 0.515. The molecule has 3 N–H and O–H groups in total. The van der Waals surface area contributed by atoms with E-state index in [9.17, 15) is 9.59 Å². The number of hydrogen-bond donors (Lipinski definition) is 2. The molecule has 42 heavy (non-hydrogen) atoms. The molecule has 5 aliphatic rings. The number of methoxy groups -OCH3 is 1. The first-order chi connectivity index (χ1) is 20.2. The highest BCUT2D eigenvalue weighted by Gasteiger charge is 2.42. The van der Waals surface area contributed by atoms with Gasteiger partial charge in [-0.05, 0) is 62.9 Å². The molecule has 0 aliphatic carbocycles. The molecule has 5 heterocycles. The van der Waals surface area contributed by atoms with E-state index in [1.165, 1.54) is 5.56 Å². The summed E-state index contributed by atoms with van der Waals surface area (Å²) in [4.78, 5) is 33.7. The van der Waals surface area contributed by atoms with Crippen molar-refractivity contribution in [2.45, 2.75) is 89.9 Å². The Hall–Kier alpha value is -3.59. The monoisotopic (exact) mass is 576 g/mol. The topological polar surface area (TPSA) is 115 Å². The Labute approximate surface area is 248 Å². The number of aryl methyl sites for hydroxylation is 1. The lowest BCUT2D eigenvalue weighted by Gasteiger charge is -2.42. The van der Waals surface area contributed by atoms with Gasteiger partial charge < -0.3 is 25.3 Å². The van der Waals surface area contributed by atoms with Crippen molar-refractivity contribution in [3.8, 4) is 11.5 Å². The van der Waals surface area contributed by atoms with Gasteiger partial charge in [0.25, 0.3) is 5.91 Å². The zero-order valence-corrected chi connectivity index (χ0v) is 25.4. The van der Waals surface area contributed by atoms with Crippen molar-refractivity contribution in [2.75, 3.05) is 20.3 Å². The standard InChI is InChI=1S/C31H38N4O5.C2H6/c1-31(2)15-24-22-12-18(8-10-26(22)40-31)6-4-5-7-21-14-27(36)35(30(32)33-21)28-20(16-38-3)17-39-25-11-9-19(13-23(25)28)29(37)34-24;1-2/h8-13,20-21,24,28H,4-7,14-17H2,1-3H3,(H2,32,33)(H,34,37);1-2H3/t20?,21?,24?,28-;/m1./s1. The van der Waals surface area contributed by atoms with Gasteiger partial charge in [-0.1, -0.05) is 32.4 Å². The van der Waals surface area contributed by atoms with Gasteiger partial charge in [-0.25, -0.2) is 4.99 Å². The summed E-state index contributed by atoms with van der Waals surface area (Å²) < 4.78 is 17.9. The number of nitrogens with zero attached hydrogens (tertiary/aromatic N) is 2. The van der Waals surface area contributed by atoms with Crippen LogP contribution in [0.3, 0.4) is 0 Å². The van der Waals surface area contributed by atoms with Gasteiger partial charge in [0, 0.05) is 42.6 Å². The molecule has 4 atom stereocenters. The minimum Gasteiger partial charge on any atom is -0.493 e. The van der Waals surface area contributed by atoms with E-state index in [2.05, 4.69) is 17.4 Å². The fraction of sp³-hybridized carbons (Fsp3) is 0.545. The van der Waals surface area contributed by atoms with Gasteiger partial charge >= 0.3 is 0 Å². The summed E-state index contributed by atoms with van der Waals surface area (Å²) in [5.74, 6) is 1.25. The molecule has 2 aromatic carbocycles. The second kappa shape index (κ2) is 12.3. The molecular weight excluding hydrogens is 532 g/mol. The third kappa shape index (κ3) is 5.98. The summed E-state index contributed by atoms with van der Waals surface area (Å²) in [6, 6.07) is 10.9. The number of rotatable bonds is 2. The van der Waals surface area contributed by atoms with Crippen molar-refractivity contribution in [1.29, 1.82) is 0 Å². The van der Waals surface area contributed by atoms with Crippen LogP contribution in [0.1, 0.15) is 98.9 Å². The number of nitrogens with one attached hydrogen (secondary N) is 1. The molecule has 0 aromatic heterocycles. The number of guanidine groups is 1. The third-order valence-corrected chi connectivity index (χ3v) is 8.48. The van der Waals surface area contributed by atoms with E-state index in [0.29, 0.717) is 37.4 Å². The van der Waals surface area contributed by atoms with E-state index in [1.807, 2.05) is 45.9 Å². The van der Waals surface area contributed by atoms with Crippen molar-refractivity contribution < 1.29 is 23.8 Å². The van der Waals surface area contributed by atoms with Gasteiger partial charge in [-0.2, -0.15) is 0 Å². The summed E-state index contributed by atoms with van der Waals surface area (Å²) in [7, 11) is 1.63. The van der Waals surface area contributed by atoms with Crippen LogP contribution in [-0.4, -0.2) is 54.6 Å². The molecule has 7 rings (SSSR count). The number of amides is 2. The van der Waals surface area contributed by atoms with Crippen molar-refractivity contribution in [2.24, 2.45) is 16.6 Å². The van der Waals surface area contributed by atoms with E-state index in [4.69, 9.17) is 24.9 Å². The largest absolute Gasteiger partial charge is 0.493 e. The van der Waals surface area contributed by atoms with E-state index in [1.54, 1.807) is 18.1 Å². The maximum absolute atomic E-state index is 13.8. The van der Waals surface area contributed by atoms with Gasteiger partial charge in [-0.3, -0.25) is 14.5 Å². The molecule has 0 saturated heterocycles. The number of hydrogen-bond acceptors (Lipinski definition) is 7. The number of ether oxygens (including phenoxy) is 3. The summed E-state index contributed by atoms with van der Waals surface area (Å²) in [6.45, 7) is 8.83. The number of benzene rings is 2. The maximum atomic E-state index is 13.8. The average Bonchev–Trinajstić information content (AvgIpc) is 2.96. The predicted octanol–water partition coefficient (Wildman–Crippen LogP) is 5.08. The first kappa shape index (κ1) is 29.9. The second-order valence-corrected chi connectivity index (χ2v) is 12.0. The van der Waals surface area contributed by atoms with Crippen molar-refractivity contribution >= 4 is 17.8 Å². The Morgan fingerprint density at radius 1 is 1.10 bits per heavy atom. The Morgan fingerprint density at radius 2 is 1.88 bits per heavy atom. The minimum atomic E-state index is -0.446. The molecule has 9 heteroatoms. The third-order valence-electron chi connectivity index (χ3n) is 8.48. The fourth-order valence-corrected chi connectivity index (χ4v) is 6.62. The van der Waals surface area contributed by atoms with Gasteiger partial charge in [0.15, 0.2) is 5.96 Å². The number of carbonyl (C=O) groups excluding carboxylic acids is 2. The molecule has 3 unspecified atom stereocenters. The van der Waals surface area contributed by atoms with Crippen LogP contribution in [0.5, 0.6) is 11.5 Å². The van der Waals surface area contributed by atoms with Crippen LogP contribution in [-0.2, 0) is 16.0 Å². The summed E-state index contributed by atoms with van der Waals surface area (Å²) in [6.07, 6.45) is 4.56. The zero-order valence-electron chi connectivity index (χ0n) is 25.4. The zero-order chi connectivity index (χ0) is 30.0. The van der Waals surface area contributed by atoms with E-state index in [0.717, 1.165) is 42.6 Å². The molecule has 0 fully saturated rings. The Morgan fingerprint density at radius 3 is 2.64 bits per heavy atom. The minimum absolute atomic E-state index is 0.0582. The van der Waals surface area contributed by atoms with Crippen LogP contribution >= 0.6 is 0 Å². The molecule has 9 nitrogen and oxygen atoms in total. The van der Waals surface area contributed by atoms with Gasteiger partial charge in [0.1, 0.15) is 17.1 Å². The predicted molar refractivity (Wildman–Crippen MR) is 162 cm³/mol. The fourth-order valence-electron chi connectivity index (χ4n) is 6.62. The first-order valence-electron chi connectivity index (χ1n) is 15.3. The number of nitrogens with two attached hydrogens (primary N) is 1. The van der Waals surface area contributed by atoms with Crippen LogP contribution in [0, 0.1) is 5.92 Å². The Bertz CT molecular complexity index is 1360. The molecule has 5 aliphatic heterocycles. The molecule has 2 amide bonds. The highest BCUT2D eigenvalue weighted by Crippen LogP contribution is 2.43. The molecule has 226 valence electrons. The van der Waals surface area contributed by atoms with Crippen LogP contribution in [0.4, 0.5) is 0 Å². The van der Waals surface area contributed by atoms with E-state index < -0.39 is 11.6 Å². The second-order valence-electron chi connectivity index (χ2n) is 12.0.